The number of phenols is 1. The molecule has 0 unspecified atom stereocenters. The van der Waals surface area contributed by atoms with Crippen molar-refractivity contribution in [2.24, 2.45) is 38.4 Å². The van der Waals surface area contributed by atoms with Crippen molar-refractivity contribution < 1.29 is 84.4 Å². The number of carbonyl (C=O) groups is 5. The lowest BCUT2D eigenvalue weighted by Crippen LogP contribution is -3.00. The van der Waals surface area contributed by atoms with Gasteiger partial charge in [-0.2, -0.15) is 0 Å². The van der Waals surface area contributed by atoms with Crippen LogP contribution in [0.5, 0.6) is 17.2 Å². The van der Waals surface area contributed by atoms with Crippen molar-refractivity contribution in [3.05, 3.63) is 123 Å². The molecule has 3 aliphatic heterocycles. The van der Waals surface area contributed by atoms with E-state index in [1.54, 1.807) is 44.8 Å². The summed E-state index contributed by atoms with van der Waals surface area (Å²) < 4.78 is 25.9. The summed E-state index contributed by atoms with van der Waals surface area (Å²) in [4.78, 5) is 108. The second-order valence-corrected chi connectivity index (χ2v) is 25.4. The van der Waals surface area contributed by atoms with Gasteiger partial charge in [0.1, 0.15) is 29.2 Å². The molecule has 8 N–H and O–H groups in total. The van der Waals surface area contributed by atoms with E-state index in [1.807, 2.05) is 44.2 Å². The van der Waals surface area contributed by atoms with Gasteiger partial charge in [-0.1, -0.05) is 76.2 Å². The van der Waals surface area contributed by atoms with Crippen LogP contribution in [0.15, 0.2) is 94.8 Å². The van der Waals surface area contributed by atoms with Crippen LogP contribution < -0.4 is 53.7 Å². The smallest absolute Gasteiger partial charge is 0.466 e. The van der Waals surface area contributed by atoms with E-state index in [0.717, 1.165) is 65.6 Å². The third-order valence-corrected chi connectivity index (χ3v) is 17.0. The van der Waals surface area contributed by atoms with Crippen molar-refractivity contribution in [2.75, 3.05) is 53.2 Å². The molecule has 5 aliphatic rings. The van der Waals surface area contributed by atoms with E-state index in [-0.39, 0.29) is 51.4 Å². The minimum absolute atomic E-state index is 0. The zero-order valence-electron chi connectivity index (χ0n) is 53.9. The quantitative estimate of drug-likeness (QED) is 0.0165. The highest BCUT2D eigenvalue weighted by Crippen LogP contribution is 2.62. The summed E-state index contributed by atoms with van der Waals surface area (Å²) in [7, 11) is 8.64. The number of aliphatic hydroxyl groups is 1. The molecule has 26 heteroatoms. The first-order chi connectivity index (χ1) is 41.8. The van der Waals surface area contributed by atoms with E-state index in [4.69, 9.17) is 33.8 Å². The highest BCUT2D eigenvalue weighted by Gasteiger charge is 2.64. The molecule has 2 aliphatic carbocycles. The minimum atomic E-state index is -4.64. The number of barbiturate groups is 1. The number of rotatable bonds is 17. The molecular weight excluding hydrogens is 1250 g/mol. The summed E-state index contributed by atoms with van der Waals surface area (Å²) in [6.07, 6.45) is 15.8. The average Bonchev–Trinajstić information content (AvgIpc) is 1.46. The van der Waals surface area contributed by atoms with Crippen LogP contribution in [0.1, 0.15) is 116 Å². The first kappa shape index (κ1) is 75.6. The van der Waals surface area contributed by atoms with Gasteiger partial charge in [0.05, 0.1) is 40.6 Å². The van der Waals surface area contributed by atoms with E-state index >= 15 is 0 Å². The maximum atomic E-state index is 11.9. The summed E-state index contributed by atoms with van der Waals surface area (Å²) in [5.74, 6) is 2.07. The number of benzene rings is 3. The molecule has 0 saturated carbocycles. The Bertz CT molecular complexity index is 3430. The number of nitrogens with one attached hydrogen (secondary N) is 3. The maximum absolute atomic E-state index is 11.9. The number of phosphoric acid groups is 1. The van der Waals surface area contributed by atoms with E-state index in [9.17, 15) is 38.7 Å². The van der Waals surface area contributed by atoms with Gasteiger partial charge in [-0.3, -0.25) is 43.7 Å². The number of aliphatic hydroxyl groups excluding tert-OH is 1. The Kier molecular flexibility index (Phi) is 28.1. The van der Waals surface area contributed by atoms with Crippen LogP contribution in [0.25, 0.3) is 11.2 Å². The zero-order valence-corrected chi connectivity index (χ0v) is 56.4. The molecule has 2 fully saturated rings. The average molecular weight is 1340 g/mol. The number of ketones is 1. The number of Topliss-reactive ketones (excluding diaryl/α,β-unsaturated/α-hetero) is 1. The van der Waals surface area contributed by atoms with Crippen LogP contribution in [0.3, 0.4) is 0 Å². The summed E-state index contributed by atoms with van der Waals surface area (Å²) >= 11 is 0. The van der Waals surface area contributed by atoms with Crippen LogP contribution in [0, 0.1) is 17.3 Å². The minimum Gasteiger partial charge on any atom is -1.00 e. The number of fused-ring (bicyclic) bond motifs is 1. The van der Waals surface area contributed by atoms with Gasteiger partial charge in [-0.15, -0.1) is 0 Å². The zero-order chi connectivity index (χ0) is 66.2. The molecule has 2 saturated heterocycles. The number of imide groups is 2. The number of carbonyl (C=O) groups excluding carboxylic acids is 5. The summed E-state index contributed by atoms with van der Waals surface area (Å²) in [5.41, 5.74) is 3.67. The van der Waals surface area contributed by atoms with Gasteiger partial charge in [0, 0.05) is 69.5 Å². The number of nitrogens with zero attached hydrogens (tertiary/aromatic N) is 6. The van der Waals surface area contributed by atoms with Gasteiger partial charge < -0.3 is 70.6 Å². The number of ether oxygens (including phenoxy) is 2. The van der Waals surface area contributed by atoms with Crippen molar-refractivity contribution in [1.29, 1.82) is 0 Å². The molecule has 2 aromatic heterocycles. The Hall–Kier alpha value is -6.83. The fraction of sp³-hybridized carbons (Fsp3) is 0.531. The van der Waals surface area contributed by atoms with Gasteiger partial charge in [0.25, 0.3) is 5.56 Å². The number of aryl methyl sites for hydroxylation is 3. The number of imidazole rings is 1. The van der Waals surface area contributed by atoms with Crippen molar-refractivity contribution in [1.82, 2.24) is 34.2 Å². The Morgan fingerprint density at radius 1 is 0.878 bits per heavy atom. The molecule has 5 heterocycles. The Morgan fingerprint density at radius 3 is 2.09 bits per heavy atom. The number of aromatic nitrogens is 4. The first-order valence-electron chi connectivity index (χ1n) is 30.2. The monoisotopic (exact) mass is 1340 g/mol. The van der Waals surface area contributed by atoms with Gasteiger partial charge >= 0.3 is 19.5 Å². The number of aromatic hydroxyl groups is 1. The molecule has 5 aromatic rings. The van der Waals surface area contributed by atoms with E-state index in [0.29, 0.717) is 59.8 Å². The molecule has 24 nitrogen and oxygen atoms in total. The number of methoxy groups -OCH3 is 1. The number of urea groups is 1. The Morgan fingerprint density at radius 2 is 1.51 bits per heavy atom. The van der Waals surface area contributed by atoms with Crippen LogP contribution in [0.4, 0.5) is 10.5 Å². The van der Waals surface area contributed by atoms with Crippen molar-refractivity contribution in [2.45, 2.75) is 135 Å². The van der Waals surface area contributed by atoms with Crippen molar-refractivity contribution in [3.8, 4) is 17.2 Å². The molecular formula is C64H93BrN9O15P. The largest absolute Gasteiger partial charge is 1.00 e. The predicted molar refractivity (Wildman–Crippen MR) is 339 cm³/mol. The van der Waals surface area contributed by atoms with Crippen LogP contribution >= 0.6 is 7.82 Å². The number of hydrogen-bond donors (Lipinski definition) is 8. The molecule has 0 radical (unpaired) electrons. The Labute approximate surface area is 537 Å². The number of likely N-dealkylation sites (N-methyl/N-ethyl adjacent to an activating group) is 1. The fourth-order valence-corrected chi connectivity index (χ4v) is 12.3. The number of hydrogen-bond acceptors (Lipinski definition) is 14. The van der Waals surface area contributed by atoms with E-state index in [1.165, 1.54) is 86.0 Å². The Balaban J connectivity index is 0.000000239. The van der Waals surface area contributed by atoms with Gasteiger partial charge in [0.2, 0.25) is 17.7 Å². The second-order valence-electron chi connectivity index (χ2n) is 24.4. The highest BCUT2D eigenvalue weighted by atomic mass is 79.9. The third-order valence-electron chi connectivity index (χ3n) is 17.0. The van der Waals surface area contributed by atoms with Crippen LogP contribution in [-0.4, -0.2) is 149 Å². The predicted octanol–water partition coefficient (Wildman–Crippen LogP) is 3.32. The van der Waals surface area contributed by atoms with Gasteiger partial charge in [-0.25, -0.2) is 19.1 Å². The molecule has 2 bridgehead atoms. The first-order valence-corrected chi connectivity index (χ1v) is 31.8. The lowest BCUT2D eigenvalue weighted by Gasteiger charge is -2.56. The summed E-state index contributed by atoms with van der Waals surface area (Å²) in [6.45, 7) is 13.1. The normalized spacial score (nSPS) is 19.7. The van der Waals surface area contributed by atoms with E-state index in [2.05, 4.69) is 78.2 Å². The highest BCUT2D eigenvalue weighted by molar-refractivity contribution is 7.45. The maximum Gasteiger partial charge on any atom is 0.466 e. The number of halogens is 1. The number of quaternary nitrogens is 1. The number of piperidine rings is 1. The number of unbranched alkanes of at least 4 members (excludes halogenated alkanes) is 2. The number of amides is 5. The summed E-state index contributed by atoms with van der Waals surface area (Å²) in [5, 5.41) is 26.3. The number of phenolic OH excluding ortho intramolecular Hbond substituents is 1. The van der Waals surface area contributed by atoms with Crippen molar-refractivity contribution in [3.63, 3.8) is 0 Å². The van der Waals surface area contributed by atoms with E-state index < -0.39 is 37.2 Å². The SMILES string of the molecule is CC(=O)Nc1ccc(O)cc1.CCC1(CCC(C)C)C(=O)NC(=O)NC1=O.CCC[N+](C)(C)CCCCCC(=O)CCc1ccccc1.COc1ccc2c3c1O[C@H]1[C@@H](O)C=C[C@H]4[C@@H](C2)N(C)CC[C@@]341.Cn1c(=O)c2c(ncn2C)n(C)c1=O.O=P(O)(O)O.[Br-]. The third kappa shape index (κ3) is 19.6. The van der Waals surface area contributed by atoms with Gasteiger partial charge in [0.15, 0.2) is 22.7 Å². The van der Waals surface area contributed by atoms with Gasteiger partial charge in [-0.05, 0) is 125 Å². The lowest BCUT2D eigenvalue weighted by atomic mass is 9.53. The molecule has 90 heavy (non-hydrogen) atoms. The molecule has 5 atom stereocenters. The fourth-order valence-electron chi connectivity index (χ4n) is 12.3. The number of likely N-dealkylation sites (tertiary alicyclic amines) is 1. The molecule has 3 aromatic carbocycles. The molecule has 10 rings (SSSR count). The second kappa shape index (κ2) is 33.5. The molecule has 496 valence electrons. The molecule has 5 amide bonds. The van der Waals surface area contributed by atoms with Crippen LogP contribution in [0.2, 0.25) is 0 Å². The standard InChI is InChI=1S/C19H32NO.C18H21NO3.C11H18N2O3.C8H10N4O2.C8H9NO2.BrH.H3O4P/c1-4-16-20(2,3)17-10-6-9-13-19(21)15-14-18-11-7-5-8-12-18;1-19-8-7-18-11-4-5-13(20)17(18)22-16-14(21-2)6-3-10(15(16)18)9-12(11)19;1-4-11(6-5-7(2)3)8(14)12-10(16)13-9(11)15;1-10-4-9-6-5(10)7(13)12(3)8(14)11(6)2;1-6(10)9-7-2-4-8(11)5-3-7;;1-5(2,3)4/h5,7-8,11-12H,4,6,9-10,13-17H2,1-3H3;3-6,11-13,17,20H,7-9H2,1-2H3;7H,4-6H2,1-3H3,(H2,12,13,14,15,16);4H,1-3H3;2-5,11H,1H3,(H,9,10);1H;(H3,1,2,3,4)/q+1;;;;;;/p-1/t;11-,12+,13-,17-,18-;;;;;/m.0...../s1. The van der Waals surface area contributed by atoms with Crippen molar-refractivity contribution >= 4 is 54.2 Å². The molecule has 1 spiro atoms. The van der Waals surface area contributed by atoms with Crippen LogP contribution in [-0.2, 0) is 63.1 Å². The lowest BCUT2D eigenvalue weighted by molar-refractivity contribution is -0.890. The topological polar surface area (TPSA) is 323 Å². The summed E-state index contributed by atoms with van der Waals surface area (Å²) in [6, 6.07) is 20.6. The number of anilines is 1.